The van der Waals surface area contributed by atoms with Crippen LogP contribution in [0.5, 0.6) is 0 Å². The van der Waals surface area contributed by atoms with E-state index in [9.17, 15) is 51.1 Å². The number of fused-ring (bicyclic) bond motifs is 4. The van der Waals surface area contributed by atoms with Crippen molar-refractivity contribution in [3.63, 3.8) is 0 Å². The first-order valence-electron chi connectivity index (χ1n) is 14.0. The highest BCUT2D eigenvalue weighted by molar-refractivity contribution is 5.01. The van der Waals surface area contributed by atoms with Gasteiger partial charge in [-0.25, -0.2) is 0 Å². The highest BCUT2D eigenvalue weighted by Gasteiger charge is 2.58. The summed E-state index contributed by atoms with van der Waals surface area (Å²) in [6.07, 6.45) is -27.5. The van der Waals surface area contributed by atoms with Gasteiger partial charge in [0.2, 0.25) is 0 Å². The van der Waals surface area contributed by atoms with E-state index in [1.165, 1.54) is 0 Å². The molecule has 6 aliphatic rings. The number of hydrogen-bond acceptors (Lipinski definition) is 19. The standard InChI is InChI=1S/C24H38O19.H2O/c25-1-5-9(27)11(29)12(30)22(38-5)41-17-8-4-36-20(17)15(33)24(40-8)43-18-10(28)6(2-26)39-23(14(18)32)42-16-7-3-35-19(16)13(31)21(34)37-7;/h5-34H,1-4H2;1H2/t5-,6-,7+,8+,9+,10-,11+,12-,13+,14-,15+,16+,17+,18+,19+,20+,21-,22+,23+,24+;/m1./s1. The lowest BCUT2D eigenvalue weighted by Gasteiger charge is -2.47. The average Bonchev–Trinajstić information content (AvgIpc) is 3.48. The third-order valence-corrected chi connectivity index (χ3v) is 8.70. The van der Waals surface area contributed by atoms with Crippen molar-refractivity contribution in [2.75, 3.05) is 26.4 Å². The van der Waals surface area contributed by atoms with Crippen LogP contribution in [0, 0.1) is 0 Å². The molecule has 0 aromatic rings. The molecule has 0 aliphatic carbocycles. The summed E-state index contributed by atoms with van der Waals surface area (Å²) in [6, 6.07) is 0. The molecule has 4 bridgehead atoms. The molecule has 6 heterocycles. The number of aliphatic hydroxyl groups excluding tert-OH is 10. The summed E-state index contributed by atoms with van der Waals surface area (Å²) in [4.78, 5) is 0. The van der Waals surface area contributed by atoms with Crippen molar-refractivity contribution in [2.45, 2.75) is 123 Å². The monoisotopic (exact) mass is 648 g/mol. The molecule has 256 valence electrons. The number of rotatable bonds is 8. The fourth-order valence-corrected chi connectivity index (χ4v) is 6.28. The molecule has 6 fully saturated rings. The van der Waals surface area contributed by atoms with E-state index in [-0.39, 0.29) is 18.7 Å². The Hall–Kier alpha value is -0.800. The molecule has 0 spiro atoms. The summed E-state index contributed by atoms with van der Waals surface area (Å²) in [7, 11) is 0. The normalized spacial score (nSPS) is 55.5. The van der Waals surface area contributed by atoms with Gasteiger partial charge < -0.3 is 99.2 Å². The first-order valence-corrected chi connectivity index (χ1v) is 14.0. The van der Waals surface area contributed by atoms with Crippen LogP contribution < -0.4 is 0 Å². The molecule has 0 unspecified atom stereocenters. The maximum Gasteiger partial charge on any atom is 0.187 e. The molecule has 6 aliphatic heterocycles. The first kappa shape index (κ1) is 34.5. The molecule has 12 N–H and O–H groups in total. The molecule has 0 aromatic heterocycles. The van der Waals surface area contributed by atoms with Gasteiger partial charge in [-0.2, -0.15) is 0 Å². The van der Waals surface area contributed by atoms with E-state index < -0.39 is 136 Å². The highest BCUT2D eigenvalue weighted by atomic mass is 16.8. The summed E-state index contributed by atoms with van der Waals surface area (Å²) in [6.45, 7) is -1.51. The van der Waals surface area contributed by atoms with Crippen LogP contribution in [0.15, 0.2) is 0 Å². The lowest BCUT2D eigenvalue weighted by molar-refractivity contribution is -0.372. The van der Waals surface area contributed by atoms with E-state index >= 15 is 0 Å². The SMILES string of the molecule is O.OC[C@H]1O[C@@H](O[C@@H]2[C@H]3OC[C@@H]2O[C@@H](O[C@@H]2[C@@H](O)[C@H](O[C@@H]4[C@H]5OC[C@@H]4O[C@@H](O)[C@H]5O)O[C@H](CO)[C@H]2O)[C@H]3O)[C@H](O)[C@@H](O)[C@H]1O. The maximum atomic E-state index is 11.1. The Balaban J connectivity index is 0.00000384. The van der Waals surface area contributed by atoms with Crippen LogP contribution in [0.1, 0.15) is 0 Å². The first-order chi connectivity index (χ1) is 20.5. The third-order valence-electron chi connectivity index (χ3n) is 8.70. The Labute approximate surface area is 249 Å². The molecule has 0 amide bonds. The second kappa shape index (κ2) is 13.7. The molecule has 44 heavy (non-hydrogen) atoms. The molecule has 20 atom stereocenters. The highest BCUT2D eigenvalue weighted by Crippen LogP contribution is 2.38. The second-order valence-electron chi connectivity index (χ2n) is 11.4. The quantitative estimate of drug-likeness (QED) is 0.117. The summed E-state index contributed by atoms with van der Waals surface area (Å²) >= 11 is 0. The van der Waals surface area contributed by atoms with Gasteiger partial charge in [-0.1, -0.05) is 0 Å². The molecular formula is C24H40O20. The van der Waals surface area contributed by atoms with Crippen LogP contribution >= 0.6 is 0 Å². The lowest BCUT2D eigenvalue weighted by Crippen LogP contribution is -2.65. The molecule has 0 saturated carbocycles. The Bertz CT molecular complexity index is 945. The van der Waals surface area contributed by atoms with Gasteiger partial charge in [0.25, 0.3) is 0 Å². The van der Waals surface area contributed by atoms with Crippen molar-refractivity contribution in [3.8, 4) is 0 Å². The zero-order chi connectivity index (χ0) is 30.7. The molecule has 6 saturated heterocycles. The van der Waals surface area contributed by atoms with E-state index in [1.54, 1.807) is 0 Å². The largest absolute Gasteiger partial charge is 0.412 e. The average molecular weight is 649 g/mol. The van der Waals surface area contributed by atoms with Gasteiger partial charge in [-0.3, -0.25) is 0 Å². The van der Waals surface area contributed by atoms with Gasteiger partial charge >= 0.3 is 0 Å². The van der Waals surface area contributed by atoms with Crippen molar-refractivity contribution in [2.24, 2.45) is 0 Å². The Morgan fingerprint density at radius 2 is 0.955 bits per heavy atom. The summed E-state index contributed by atoms with van der Waals surface area (Å²) in [5.41, 5.74) is 0. The number of aliphatic hydroxyl groups is 10. The predicted molar refractivity (Wildman–Crippen MR) is 131 cm³/mol. The van der Waals surface area contributed by atoms with Gasteiger partial charge in [-0.05, 0) is 0 Å². The van der Waals surface area contributed by atoms with Crippen LogP contribution in [-0.4, -0.2) is 206 Å². The number of ether oxygens (including phenoxy) is 9. The number of hydrogen-bond donors (Lipinski definition) is 10. The summed E-state index contributed by atoms with van der Waals surface area (Å²) < 4.78 is 50.5. The van der Waals surface area contributed by atoms with E-state index in [0.29, 0.717) is 0 Å². The van der Waals surface area contributed by atoms with Crippen LogP contribution in [0.4, 0.5) is 0 Å². The molecule has 20 heteroatoms. The van der Waals surface area contributed by atoms with E-state index in [0.717, 1.165) is 0 Å². The van der Waals surface area contributed by atoms with Gasteiger partial charge in [0.1, 0.15) is 97.7 Å². The summed E-state index contributed by atoms with van der Waals surface area (Å²) in [5.74, 6) is 0. The van der Waals surface area contributed by atoms with Gasteiger partial charge in [0.15, 0.2) is 25.2 Å². The predicted octanol–water partition coefficient (Wildman–Crippen LogP) is -8.48. The molecule has 20 nitrogen and oxygen atoms in total. The smallest absolute Gasteiger partial charge is 0.187 e. The lowest BCUT2D eigenvalue weighted by atomic mass is 9.96. The second-order valence-corrected chi connectivity index (χ2v) is 11.4. The minimum atomic E-state index is -1.72. The third kappa shape index (κ3) is 6.02. The van der Waals surface area contributed by atoms with Crippen LogP contribution in [0.25, 0.3) is 0 Å². The molecule has 0 aromatic carbocycles. The zero-order valence-corrected chi connectivity index (χ0v) is 23.0. The Morgan fingerprint density at radius 3 is 1.55 bits per heavy atom. The topological polar surface area (TPSA) is 317 Å². The Kier molecular flexibility index (Phi) is 10.8. The van der Waals surface area contributed by atoms with Crippen LogP contribution in [0.2, 0.25) is 0 Å². The fraction of sp³-hybridized carbons (Fsp3) is 1.00. The van der Waals surface area contributed by atoms with E-state index in [4.69, 9.17) is 42.6 Å². The van der Waals surface area contributed by atoms with E-state index in [2.05, 4.69) is 0 Å². The zero-order valence-electron chi connectivity index (χ0n) is 23.0. The molecule has 0 radical (unpaired) electrons. The fourth-order valence-electron chi connectivity index (χ4n) is 6.28. The summed E-state index contributed by atoms with van der Waals surface area (Å²) in [5, 5.41) is 103. The van der Waals surface area contributed by atoms with Gasteiger partial charge in [0, 0.05) is 0 Å². The van der Waals surface area contributed by atoms with Crippen molar-refractivity contribution in [1.29, 1.82) is 0 Å². The van der Waals surface area contributed by atoms with Crippen molar-refractivity contribution < 1.29 is 99.2 Å². The minimum absolute atomic E-state index is 0. The van der Waals surface area contributed by atoms with Gasteiger partial charge in [0.05, 0.1) is 26.4 Å². The molecular weight excluding hydrogens is 608 g/mol. The maximum absolute atomic E-state index is 11.1. The van der Waals surface area contributed by atoms with Crippen LogP contribution in [0.3, 0.4) is 0 Å². The van der Waals surface area contributed by atoms with Crippen molar-refractivity contribution in [3.05, 3.63) is 0 Å². The van der Waals surface area contributed by atoms with Crippen molar-refractivity contribution >= 4 is 0 Å². The van der Waals surface area contributed by atoms with Gasteiger partial charge in [-0.15, -0.1) is 0 Å². The molecule has 6 rings (SSSR count). The van der Waals surface area contributed by atoms with E-state index in [1.807, 2.05) is 0 Å². The Morgan fingerprint density at radius 1 is 0.477 bits per heavy atom. The minimum Gasteiger partial charge on any atom is -0.412 e. The van der Waals surface area contributed by atoms with Crippen LogP contribution in [-0.2, 0) is 42.6 Å². The van der Waals surface area contributed by atoms with Crippen molar-refractivity contribution in [1.82, 2.24) is 0 Å².